The highest BCUT2D eigenvalue weighted by Crippen LogP contribution is 2.29. The van der Waals surface area contributed by atoms with Crippen molar-refractivity contribution in [1.82, 2.24) is 4.31 Å². The van der Waals surface area contributed by atoms with Crippen LogP contribution in [0, 0.1) is 5.92 Å². The van der Waals surface area contributed by atoms with E-state index in [2.05, 4.69) is 10.6 Å². The Balaban J connectivity index is 2.33. The number of nitrogens with zero attached hydrogens (tertiary/aromatic N) is 1. The molecular formula is C22H29N3O5S. The van der Waals surface area contributed by atoms with Gasteiger partial charge in [-0.05, 0) is 36.4 Å². The van der Waals surface area contributed by atoms with Crippen molar-refractivity contribution in [2.75, 3.05) is 30.8 Å². The summed E-state index contributed by atoms with van der Waals surface area (Å²) >= 11 is 0. The zero-order valence-electron chi connectivity index (χ0n) is 18.4. The molecule has 2 amide bonds. The van der Waals surface area contributed by atoms with Gasteiger partial charge in [-0.3, -0.25) is 9.59 Å². The normalized spacial score (nSPS) is 11.5. The highest BCUT2D eigenvalue weighted by Gasteiger charge is 2.23. The summed E-state index contributed by atoms with van der Waals surface area (Å²) in [6.45, 7) is 7.74. The molecule has 0 aliphatic heterocycles. The van der Waals surface area contributed by atoms with E-state index in [1.165, 1.54) is 29.6 Å². The number of benzene rings is 2. The predicted octanol–water partition coefficient (Wildman–Crippen LogP) is 3.57. The van der Waals surface area contributed by atoms with Crippen LogP contribution < -0.4 is 15.4 Å². The summed E-state index contributed by atoms with van der Waals surface area (Å²) < 4.78 is 32.3. The van der Waals surface area contributed by atoms with Gasteiger partial charge in [0.15, 0.2) is 0 Å². The topological polar surface area (TPSA) is 105 Å². The van der Waals surface area contributed by atoms with Gasteiger partial charge < -0.3 is 15.4 Å². The minimum absolute atomic E-state index is 0.0604. The Kier molecular flexibility index (Phi) is 8.18. The highest BCUT2D eigenvalue weighted by molar-refractivity contribution is 7.89. The van der Waals surface area contributed by atoms with Crippen molar-refractivity contribution in [2.24, 2.45) is 5.92 Å². The smallest absolute Gasteiger partial charge is 0.255 e. The largest absolute Gasteiger partial charge is 0.495 e. The summed E-state index contributed by atoms with van der Waals surface area (Å²) in [7, 11) is -2.26. The molecule has 0 saturated heterocycles. The molecule has 0 fully saturated rings. The minimum Gasteiger partial charge on any atom is -0.495 e. The van der Waals surface area contributed by atoms with Gasteiger partial charge >= 0.3 is 0 Å². The number of sulfonamides is 1. The molecule has 0 bridgehead atoms. The number of hydrogen-bond donors (Lipinski definition) is 2. The Hall–Kier alpha value is -2.91. The first-order chi connectivity index (χ1) is 14.6. The van der Waals surface area contributed by atoms with E-state index in [4.69, 9.17) is 4.74 Å². The number of carbonyl (C=O) groups is 2. The molecule has 0 saturated carbocycles. The zero-order valence-corrected chi connectivity index (χ0v) is 19.2. The van der Waals surface area contributed by atoms with Gasteiger partial charge in [-0.1, -0.05) is 33.8 Å². The number of ether oxygens (including phenoxy) is 1. The molecule has 2 rings (SSSR count). The van der Waals surface area contributed by atoms with Crippen molar-refractivity contribution in [1.29, 1.82) is 0 Å². The Bertz CT molecular complexity index is 1050. The van der Waals surface area contributed by atoms with Crippen LogP contribution in [0.3, 0.4) is 0 Å². The summed E-state index contributed by atoms with van der Waals surface area (Å²) in [6, 6.07) is 10.8. The fourth-order valence-corrected chi connectivity index (χ4v) is 4.36. The average Bonchev–Trinajstić information content (AvgIpc) is 2.74. The molecule has 31 heavy (non-hydrogen) atoms. The van der Waals surface area contributed by atoms with Crippen LogP contribution in [-0.2, 0) is 14.8 Å². The summed E-state index contributed by atoms with van der Waals surface area (Å²) in [6.07, 6.45) is 0. The van der Waals surface area contributed by atoms with Crippen molar-refractivity contribution in [2.45, 2.75) is 32.6 Å². The quantitative estimate of drug-likeness (QED) is 0.611. The molecule has 9 heteroatoms. The van der Waals surface area contributed by atoms with Crippen LogP contribution in [-0.4, -0.2) is 44.7 Å². The molecule has 8 nitrogen and oxygen atoms in total. The number of hydrogen-bond acceptors (Lipinski definition) is 5. The molecule has 0 unspecified atom stereocenters. The molecule has 2 aromatic carbocycles. The van der Waals surface area contributed by atoms with Crippen LogP contribution in [0.25, 0.3) is 0 Å². The van der Waals surface area contributed by atoms with Crippen LogP contribution in [0.2, 0.25) is 0 Å². The summed E-state index contributed by atoms with van der Waals surface area (Å²) in [5.74, 6) is -0.488. The van der Waals surface area contributed by atoms with Gasteiger partial charge in [0.25, 0.3) is 5.91 Å². The lowest BCUT2D eigenvalue weighted by Crippen LogP contribution is -2.30. The SMILES string of the molecule is CCN(CC)S(=O)(=O)c1ccc(OC)c(NC(=O)c2cccc(NC(=O)C(C)C)c2)c1. The molecule has 0 atom stereocenters. The lowest BCUT2D eigenvalue weighted by Gasteiger charge is -2.19. The maximum absolute atomic E-state index is 12.8. The standard InChI is InChI=1S/C22H29N3O5S/c1-6-25(7-2)31(28,29)18-11-12-20(30-5)19(14-18)24-22(27)16-9-8-10-17(13-16)23-21(26)15(3)4/h8-15H,6-7H2,1-5H3,(H,23,26)(H,24,27). The van der Waals surface area contributed by atoms with Crippen LogP contribution >= 0.6 is 0 Å². The number of nitrogens with one attached hydrogen (secondary N) is 2. The van der Waals surface area contributed by atoms with Gasteiger partial charge in [-0.2, -0.15) is 4.31 Å². The molecule has 0 aliphatic rings. The first-order valence-corrected chi connectivity index (χ1v) is 11.5. The molecule has 2 aromatic rings. The van der Waals surface area contributed by atoms with Gasteiger partial charge in [0, 0.05) is 30.3 Å². The van der Waals surface area contributed by atoms with Crippen LogP contribution in [0.1, 0.15) is 38.1 Å². The predicted molar refractivity (Wildman–Crippen MR) is 121 cm³/mol. The number of methoxy groups -OCH3 is 1. The Morgan fingerprint density at radius 3 is 2.29 bits per heavy atom. The Morgan fingerprint density at radius 2 is 1.71 bits per heavy atom. The van der Waals surface area contributed by atoms with Crippen LogP contribution in [0.15, 0.2) is 47.4 Å². The van der Waals surface area contributed by atoms with E-state index in [1.807, 2.05) is 0 Å². The maximum atomic E-state index is 12.8. The van der Waals surface area contributed by atoms with Crippen LogP contribution in [0.5, 0.6) is 5.75 Å². The van der Waals surface area contributed by atoms with E-state index in [-0.39, 0.29) is 22.4 Å². The van der Waals surface area contributed by atoms with Crippen molar-refractivity contribution >= 4 is 33.2 Å². The van der Waals surface area contributed by atoms with Crippen molar-refractivity contribution in [3.63, 3.8) is 0 Å². The fourth-order valence-electron chi connectivity index (χ4n) is 2.88. The van der Waals surface area contributed by atoms with Gasteiger partial charge in [-0.15, -0.1) is 0 Å². The summed E-state index contributed by atoms with van der Waals surface area (Å²) in [4.78, 5) is 24.8. The van der Waals surface area contributed by atoms with E-state index in [1.54, 1.807) is 52.0 Å². The zero-order chi connectivity index (χ0) is 23.2. The van der Waals surface area contributed by atoms with Crippen LogP contribution in [0.4, 0.5) is 11.4 Å². The van der Waals surface area contributed by atoms with Gasteiger partial charge in [0.05, 0.1) is 17.7 Å². The van der Waals surface area contributed by atoms with E-state index in [0.717, 1.165) is 0 Å². The lowest BCUT2D eigenvalue weighted by atomic mass is 10.1. The number of carbonyl (C=O) groups excluding carboxylic acids is 2. The molecular weight excluding hydrogens is 418 g/mol. The van der Waals surface area contributed by atoms with Crippen molar-refractivity contribution in [3.8, 4) is 5.75 Å². The van der Waals surface area contributed by atoms with Gasteiger partial charge in [0.2, 0.25) is 15.9 Å². The molecule has 0 heterocycles. The third-order valence-electron chi connectivity index (χ3n) is 4.68. The third kappa shape index (κ3) is 5.83. The third-order valence-corrected chi connectivity index (χ3v) is 6.72. The van der Waals surface area contributed by atoms with E-state index < -0.39 is 15.9 Å². The van der Waals surface area contributed by atoms with Crippen molar-refractivity contribution in [3.05, 3.63) is 48.0 Å². The number of amides is 2. The van der Waals surface area contributed by atoms with E-state index in [0.29, 0.717) is 30.1 Å². The highest BCUT2D eigenvalue weighted by atomic mass is 32.2. The van der Waals surface area contributed by atoms with E-state index >= 15 is 0 Å². The summed E-state index contributed by atoms with van der Waals surface area (Å²) in [5.41, 5.74) is 1.04. The second-order valence-corrected chi connectivity index (χ2v) is 9.07. The molecule has 0 spiro atoms. The summed E-state index contributed by atoms with van der Waals surface area (Å²) in [5, 5.41) is 5.46. The molecule has 0 aliphatic carbocycles. The minimum atomic E-state index is -3.70. The van der Waals surface area contributed by atoms with Crippen molar-refractivity contribution < 1.29 is 22.7 Å². The average molecular weight is 448 g/mol. The second kappa shape index (κ2) is 10.4. The molecule has 168 valence electrons. The van der Waals surface area contributed by atoms with E-state index in [9.17, 15) is 18.0 Å². The Morgan fingerprint density at radius 1 is 1.03 bits per heavy atom. The van der Waals surface area contributed by atoms with Gasteiger partial charge in [-0.25, -0.2) is 8.42 Å². The fraction of sp³-hybridized carbons (Fsp3) is 0.364. The molecule has 2 N–H and O–H groups in total. The molecule has 0 radical (unpaired) electrons. The number of rotatable bonds is 9. The molecule has 0 aromatic heterocycles. The van der Waals surface area contributed by atoms with Gasteiger partial charge in [0.1, 0.15) is 5.75 Å². The monoisotopic (exact) mass is 447 g/mol. The lowest BCUT2D eigenvalue weighted by molar-refractivity contribution is -0.118. The maximum Gasteiger partial charge on any atom is 0.255 e. The Labute approximate surface area is 183 Å². The number of anilines is 2. The second-order valence-electron chi connectivity index (χ2n) is 7.13. The first kappa shape index (κ1) is 24.4. The first-order valence-electron chi connectivity index (χ1n) is 10.0.